The van der Waals surface area contributed by atoms with E-state index in [1.54, 1.807) is 0 Å². The molecule has 4 atom stereocenters. The summed E-state index contributed by atoms with van der Waals surface area (Å²) in [5, 5.41) is 8.93. The van der Waals surface area contributed by atoms with Gasteiger partial charge in [0.05, 0.1) is 5.41 Å². The summed E-state index contributed by atoms with van der Waals surface area (Å²) < 4.78 is 11.7. The molecule has 4 aliphatic carbocycles. The van der Waals surface area contributed by atoms with Crippen molar-refractivity contribution in [3.8, 4) is 0 Å². The van der Waals surface area contributed by atoms with Gasteiger partial charge >= 0.3 is 11.9 Å². The molecule has 0 radical (unpaired) electrons. The van der Waals surface area contributed by atoms with E-state index in [1.807, 2.05) is 0 Å². The smallest absolute Gasteiger partial charge is 0.340 e. The molecule has 1 N–H and O–H groups in total. The lowest BCUT2D eigenvalue weighted by atomic mass is 9.47. The summed E-state index contributed by atoms with van der Waals surface area (Å²) >= 11 is 0. The Morgan fingerprint density at radius 3 is 2.72 bits per heavy atom. The molecule has 0 aromatic heterocycles. The van der Waals surface area contributed by atoms with Crippen LogP contribution >= 0.6 is 0 Å². The highest BCUT2D eigenvalue weighted by Crippen LogP contribution is 2.68. The Bertz CT molecular complexity index is 936. The van der Waals surface area contributed by atoms with E-state index in [9.17, 15) is 9.59 Å². The van der Waals surface area contributed by atoms with Crippen molar-refractivity contribution in [2.24, 2.45) is 23.2 Å². The van der Waals surface area contributed by atoms with Crippen LogP contribution in [0.3, 0.4) is 0 Å². The van der Waals surface area contributed by atoms with Gasteiger partial charge in [-0.15, -0.1) is 0 Å². The highest BCUT2D eigenvalue weighted by molar-refractivity contribution is 5.99. The number of allylic oxidation sites excluding steroid dienone is 5. The highest BCUT2D eigenvalue weighted by Gasteiger charge is 2.66. The Hall–Kier alpha value is -2.14. The molecule has 32 heavy (non-hydrogen) atoms. The summed E-state index contributed by atoms with van der Waals surface area (Å²) in [5.74, 6) is 1.81. The molecule has 1 saturated heterocycles. The van der Waals surface area contributed by atoms with Gasteiger partial charge in [-0.25, -0.2) is 9.59 Å². The van der Waals surface area contributed by atoms with Crippen LogP contribution in [-0.2, 0) is 19.1 Å². The molecule has 0 amide bonds. The predicted molar refractivity (Wildman–Crippen MR) is 120 cm³/mol. The maximum Gasteiger partial charge on any atom is 0.340 e. The molecule has 2 aliphatic heterocycles. The number of aliphatic hydroxyl groups is 1. The highest BCUT2D eigenvalue weighted by atomic mass is 16.5. The van der Waals surface area contributed by atoms with Crippen molar-refractivity contribution in [3.05, 3.63) is 46.5 Å². The molecule has 5 heteroatoms. The maximum atomic E-state index is 13.2. The van der Waals surface area contributed by atoms with Gasteiger partial charge in [0, 0.05) is 29.2 Å². The van der Waals surface area contributed by atoms with Crippen LogP contribution < -0.4 is 0 Å². The molecule has 0 aromatic rings. The average Bonchev–Trinajstić information content (AvgIpc) is 3.29. The quantitative estimate of drug-likeness (QED) is 0.413. The molecule has 5 nitrogen and oxygen atoms in total. The molecule has 1 spiro atoms. The number of hydrogen-bond acceptors (Lipinski definition) is 5. The molecular weight excluding hydrogens is 404 g/mol. The first-order valence-corrected chi connectivity index (χ1v) is 12.5. The van der Waals surface area contributed by atoms with Crippen molar-refractivity contribution >= 4 is 11.9 Å². The van der Waals surface area contributed by atoms with Gasteiger partial charge in [0.1, 0.15) is 11.5 Å². The Morgan fingerprint density at radius 2 is 1.91 bits per heavy atom. The molecule has 2 bridgehead atoms. The van der Waals surface area contributed by atoms with Crippen LogP contribution in [0.15, 0.2) is 46.5 Å². The van der Waals surface area contributed by atoms with E-state index in [0.29, 0.717) is 11.8 Å². The summed E-state index contributed by atoms with van der Waals surface area (Å²) in [6.07, 6.45) is 16.9. The molecule has 0 unspecified atom stereocenters. The number of ether oxygens (including phenoxy) is 2. The minimum Gasteiger partial charge on any atom is -0.427 e. The summed E-state index contributed by atoms with van der Waals surface area (Å²) in [7, 11) is 0. The Morgan fingerprint density at radius 1 is 1.06 bits per heavy atom. The average molecular weight is 439 g/mol. The minimum atomic E-state index is -0.481. The number of esters is 2. The largest absolute Gasteiger partial charge is 0.427 e. The summed E-state index contributed by atoms with van der Waals surface area (Å²) in [4.78, 5) is 26.0. The zero-order chi connectivity index (χ0) is 22.3. The fourth-order valence-electron chi connectivity index (χ4n) is 6.86. The van der Waals surface area contributed by atoms with Gasteiger partial charge in [0.15, 0.2) is 0 Å². The first kappa shape index (κ1) is 21.7. The fraction of sp³-hybridized carbons (Fsp3) is 0.630. The molecule has 172 valence electrons. The van der Waals surface area contributed by atoms with Crippen LogP contribution in [0.25, 0.3) is 0 Å². The van der Waals surface area contributed by atoms with Gasteiger partial charge in [-0.3, -0.25) is 0 Å². The van der Waals surface area contributed by atoms with Crippen LogP contribution in [0.2, 0.25) is 0 Å². The maximum absolute atomic E-state index is 13.2. The molecule has 2 fully saturated rings. The molecule has 2 heterocycles. The summed E-state index contributed by atoms with van der Waals surface area (Å²) in [6.45, 7) is 2.37. The van der Waals surface area contributed by atoms with Crippen LogP contribution in [0.1, 0.15) is 77.6 Å². The number of cyclic esters (lactones) is 2. The lowest BCUT2D eigenvalue weighted by Gasteiger charge is -2.54. The molecule has 6 rings (SSSR count). The third kappa shape index (κ3) is 3.23. The summed E-state index contributed by atoms with van der Waals surface area (Å²) in [6, 6.07) is 0. The van der Waals surface area contributed by atoms with E-state index in [-0.39, 0.29) is 24.5 Å². The van der Waals surface area contributed by atoms with Gasteiger partial charge < -0.3 is 14.6 Å². The third-order valence-electron chi connectivity index (χ3n) is 8.25. The lowest BCUT2D eigenvalue weighted by molar-refractivity contribution is -0.135. The van der Waals surface area contributed by atoms with Gasteiger partial charge in [0.25, 0.3) is 0 Å². The fourth-order valence-corrected chi connectivity index (χ4v) is 6.86. The normalized spacial score (nSPS) is 35.1. The lowest BCUT2D eigenvalue weighted by Crippen LogP contribution is -2.50. The van der Waals surface area contributed by atoms with E-state index >= 15 is 0 Å². The molecule has 1 saturated carbocycles. The van der Waals surface area contributed by atoms with Gasteiger partial charge in [0.2, 0.25) is 0 Å². The van der Waals surface area contributed by atoms with E-state index in [4.69, 9.17) is 14.6 Å². The van der Waals surface area contributed by atoms with Crippen LogP contribution in [-0.4, -0.2) is 23.7 Å². The third-order valence-corrected chi connectivity index (χ3v) is 8.25. The van der Waals surface area contributed by atoms with Crippen LogP contribution in [0.4, 0.5) is 0 Å². The van der Waals surface area contributed by atoms with Crippen molar-refractivity contribution in [3.63, 3.8) is 0 Å². The minimum absolute atomic E-state index is 0.0116. The van der Waals surface area contributed by atoms with Crippen LogP contribution in [0, 0.1) is 23.2 Å². The zero-order valence-electron chi connectivity index (χ0n) is 19.0. The number of fused-ring (bicyclic) bond motifs is 1. The Balaban J connectivity index is 1.48. The van der Waals surface area contributed by atoms with Crippen molar-refractivity contribution in [2.75, 3.05) is 6.61 Å². The van der Waals surface area contributed by atoms with Crippen LogP contribution in [0.5, 0.6) is 0 Å². The Kier molecular flexibility index (Phi) is 5.87. The molecule has 6 aliphatic rings. The van der Waals surface area contributed by atoms with Crippen molar-refractivity contribution in [1.82, 2.24) is 0 Å². The molecular formula is C27H34O5. The van der Waals surface area contributed by atoms with E-state index in [0.717, 1.165) is 98.9 Å². The zero-order valence-corrected chi connectivity index (χ0v) is 19.0. The number of carbonyl (C=O) groups is 2. The van der Waals surface area contributed by atoms with E-state index < -0.39 is 5.41 Å². The first-order chi connectivity index (χ1) is 15.6. The topological polar surface area (TPSA) is 72.8 Å². The van der Waals surface area contributed by atoms with Gasteiger partial charge in [-0.05, 0) is 75.4 Å². The Labute approximate surface area is 190 Å². The number of carbonyl (C=O) groups excluding carboxylic acids is 2. The number of aliphatic hydroxyl groups excluding tert-OH is 1. The molecule has 0 aromatic carbocycles. The van der Waals surface area contributed by atoms with Crippen molar-refractivity contribution in [2.45, 2.75) is 77.6 Å². The van der Waals surface area contributed by atoms with Gasteiger partial charge in [-0.1, -0.05) is 32.3 Å². The van der Waals surface area contributed by atoms with Gasteiger partial charge in [-0.2, -0.15) is 0 Å². The second-order valence-corrected chi connectivity index (χ2v) is 9.96. The SMILES string of the molecule is CCC/C=C1\OC(=O)C2=C[C@@H]3CC[C@@]21[C@H]1C2=C(CC[C@@H]31)C(=CCCCCCCO)OC2=O. The number of unbranched alkanes of at least 4 members (excludes halogenated alkanes) is 5. The van der Waals surface area contributed by atoms with E-state index in [1.165, 1.54) is 0 Å². The number of rotatable bonds is 8. The predicted octanol–water partition coefficient (Wildman–Crippen LogP) is 5.27. The second kappa shape index (κ2) is 8.66. The standard InChI is InChI=1S/C27H34O5/c1-2-3-10-22-27-14-13-17(16-20(27)25(29)32-22)18-11-12-19-21(9-7-5-4-6-8-15-28)31-26(30)23(19)24(18)27/h9-10,16-18,24,28H,2-8,11-15H2,1H3/b21-9?,22-10-/t17-,18-,24+,27+/m0/s1. The second-order valence-electron chi connectivity index (χ2n) is 9.96. The van der Waals surface area contributed by atoms with Crippen molar-refractivity contribution < 1.29 is 24.2 Å². The van der Waals surface area contributed by atoms with Crippen molar-refractivity contribution in [1.29, 1.82) is 0 Å². The number of hydrogen-bond donors (Lipinski definition) is 1. The summed E-state index contributed by atoms with van der Waals surface area (Å²) in [5.41, 5.74) is 2.21. The van der Waals surface area contributed by atoms with E-state index in [2.05, 4.69) is 25.2 Å². The monoisotopic (exact) mass is 438 g/mol. The first-order valence-electron chi connectivity index (χ1n) is 12.5.